The molecule has 0 radical (unpaired) electrons. The van der Waals surface area contributed by atoms with Gasteiger partial charge in [-0.15, -0.1) is 0 Å². The van der Waals surface area contributed by atoms with E-state index in [2.05, 4.69) is 0 Å². The van der Waals surface area contributed by atoms with Crippen LogP contribution in [0, 0.1) is 10.1 Å². The first-order chi connectivity index (χ1) is 9.79. The predicted octanol–water partition coefficient (Wildman–Crippen LogP) is 0.961. The van der Waals surface area contributed by atoms with Crippen LogP contribution in [-0.2, 0) is 6.18 Å². The van der Waals surface area contributed by atoms with Crippen molar-refractivity contribution in [2.24, 2.45) is 0 Å². The Morgan fingerprint density at radius 1 is 0.955 bits per heavy atom. The number of hydrogen-bond acceptors (Lipinski definition) is 3. The SMILES string of the molecule is O=C(c1ccc([N+](=O)[O-])cc1)c1ccc(C(F)(F)F)cc1.[H-].[Na+]. The summed E-state index contributed by atoms with van der Waals surface area (Å²) >= 11 is 0. The number of nitro benzene ring substituents is 1. The van der Waals surface area contributed by atoms with Crippen molar-refractivity contribution in [3.63, 3.8) is 0 Å². The molecule has 0 atom stereocenters. The number of benzene rings is 2. The maximum atomic E-state index is 12.4. The number of non-ortho nitro benzene ring substituents is 1. The van der Waals surface area contributed by atoms with Crippen molar-refractivity contribution < 1.29 is 53.9 Å². The van der Waals surface area contributed by atoms with Gasteiger partial charge in [0.15, 0.2) is 5.78 Å². The van der Waals surface area contributed by atoms with Crippen molar-refractivity contribution in [1.29, 1.82) is 0 Å². The number of carbonyl (C=O) groups excluding carboxylic acids is 1. The normalized spacial score (nSPS) is 10.7. The number of alkyl halides is 3. The van der Waals surface area contributed by atoms with Gasteiger partial charge in [0.05, 0.1) is 10.5 Å². The molecule has 0 saturated heterocycles. The van der Waals surface area contributed by atoms with E-state index >= 15 is 0 Å². The number of rotatable bonds is 3. The summed E-state index contributed by atoms with van der Waals surface area (Å²) in [6.07, 6.45) is -4.46. The van der Waals surface area contributed by atoms with Crippen LogP contribution in [0.1, 0.15) is 22.9 Å². The molecular weight excluding hydrogens is 310 g/mol. The average Bonchev–Trinajstić information content (AvgIpc) is 2.46. The standard InChI is InChI=1S/C14H8F3NO3.Na.H/c15-14(16,17)11-5-1-9(2-6-11)13(19)10-3-7-12(8-4-10)18(20)21;;/h1-8H;;/q;+1;-1. The predicted molar refractivity (Wildman–Crippen MR) is 69.1 cm³/mol. The van der Waals surface area contributed by atoms with E-state index in [1.165, 1.54) is 12.1 Å². The average molecular weight is 319 g/mol. The fourth-order valence-electron chi connectivity index (χ4n) is 1.71. The largest absolute Gasteiger partial charge is 1.00 e. The Bertz CT molecular complexity index is 688. The first kappa shape index (κ1) is 18.3. The second-order valence-corrected chi connectivity index (χ2v) is 4.21. The molecular formula is C14H9F3NNaO3. The summed E-state index contributed by atoms with van der Waals surface area (Å²) in [4.78, 5) is 21.9. The van der Waals surface area contributed by atoms with Crippen LogP contribution in [0.2, 0.25) is 0 Å². The zero-order chi connectivity index (χ0) is 15.6. The molecule has 110 valence electrons. The van der Waals surface area contributed by atoms with Crippen molar-refractivity contribution in [2.75, 3.05) is 0 Å². The summed E-state index contributed by atoms with van der Waals surface area (Å²) in [5.41, 5.74) is -0.765. The van der Waals surface area contributed by atoms with E-state index < -0.39 is 22.4 Å². The third-order valence-electron chi connectivity index (χ3n) is 2.81. The maximum Gasteiger partial charge on any atom is 1.00 e. The van der Waals surface area contributed by atoms with Crippen molar-refractivity contribution >= 4 is 11.5 Å². The Morgan fingerprint density at radius 2 is 1.36 bits per heavy atom. The molecule has 0 heterocycles. The topological polar surface area (TPSA) is 60.2 Å². The van der Waals surface area contributed by atoms with Crippen molar-refractivity contribution in [3.8, 4) is 0 Å². The molecule has 2 aromatic carbocycles. The summed E-state index contributed by atoms with van der Waals surface area (Å²) in [5, 5.41) is 10.5. The van der Waals surface area contributed by atoms with Crippen LogP contribution in [0.15, 0.2) is 48.5 Å². The maximum absolute atomic E-state index is 12.4. The van der Waals surface area contributed by atoms with Crippen molar-refractivity contribution in [3.05, 3.63) is 75.3 Å². The van der Waals surface area contributed by atoms with Gasteiger partial charge in [-0.25, -0.2) is 0 Å². The van der Waals surface area contributed by atoms with Gasteiger partial charge in [-0.2, -0.15) is 13.2 Å². The van der Waals surface area contributed by atoms with E-state index in [0.717, 1.165) is 36.4 Å². The molecule has 2 rings (SSSR count). The van der Waals surface area contributed by atoms with E-state index in [0.29, 0.717) is 0 Å². The van der Waals surface area contributed by atoms with Gasteiger partial charge in [0.1, 0.15) is 0 Å². The van der Waals surface area contributed by atoms with Gasteiger partial charge < -0.3 is 1.43 Å². The second kappa shape index (κ2) is 7.04. The molecule has 0 aliphatic rings. The van der Waals surface area contributed by atoms with Crippen LogP contribution in [0.5, 0.6) is 0 Å². The monoisotopic (exact) mass is 319 g/mol. The van der Waals surface area contributed by atoms with Crippen LogP contribution in [0.3, 0.4) is 0 Å². The van der Waals surface area contributed by atoms with Crippen molar-refractivity contribution in [1.82, 2.24) is 0 Å². The first-order valence-electron chi connectivity index (χ1n) is 5.75. The van der Waals surface area contributed by atoms with E-state index in [4.69, 9.17) is 0 Å². The quantitative estimate of drug-likeness (QED) is 0.366. The summed E-state index contributed by atoms with van der Waals surface area (Å²) < 4.78 is 37.2. The molecule has 0 amide bonds. The second-order valence-electron chi connectivity index (χ2n) is 4.21. The molecule has 0 bridgehead atoms. The smallest absolute Gasteiger partial charge is 1.00 e. The van der Waals surface area contributed by atoms with Crippen LogP contribution in [0.25, 0.3) is 0 Å². The zero-order valence-electron chi connectivity index (χ0n) is 12.4. The molecule has 8 heteroatoms. The summed E-state index contributed by atoms with van der Waals surface area (Å²) in [7, 11) is 0. The molecule has 0 fully saturated rings. The molecule has 0 saturated carbocycles. The molecule has 22 heavy (non-hydrogen) atoms. The van der Waals surface area contributed by atoms with Gasteiger partial charge in [-0.1, -0.05) is 12.1 Å². The third kappa shape index (κ3) is 4.16. The van der Waals surface area contributed by atoms with Gasteiger partial charge in [0, 0.05) is 23.3 Å². The first-order valence-corrected chi connectivity index (χ1v) is 5.75. The Morgan fingerprint density at radius 3 is 1.73 bits per heavy atom. The molecule has 0 unspecified atom stereocenters. The fraction of sp³-hybridized carbons (Fsp3) is 0.0714. The minimum absolute atomic E-state index is 0. The van der Waals surface area contributed by atoms with Gasteiger partial charge in [0.2, 0.25) is 0 Å². The Kier molecular flexibility index (Phi) is 5.87. The third-order valence-corrected chi connectivity index (χ3v) is 2.81. The van der Waals surface area contributed by atoms with E-state index in [-0.39, 0.29) is 47.8 Å². The number of halogens is 3. The summed E-state index contributed by atoms with van der Waals surface area (Å²) in [6, 6.07) is 8.64. The van der Waals surface area contributed by atoms with Crippen LogP contribution in [0.4, 0.5) is 18.9 Å². The summed E-state index contributed by atoms with van der Waals surface area (Å²) in [5.74, 6) is -0.501. The van der Waals surface area contributed by atoms with Crippen LogP contribution >= 0.6 is 0 Å². The van der Waals surface area contributed by atoms with E-state index in [9.17, 15) is 28.1 Å². The number of carbonyl (C=O) groups is 1. The van der Waals surface area contributed by atoms with Gasteiger partial charge in [-0.3, -0.25) is 14.9 Å². The number of hydrogen-bond donors (Lipinski definition) is 0. The number of nitrogens with zero attached hydrogens (tertiary/aromatic N) is 1. The minimum atomic E-state index is -4.46. The Balaban J connectivity index is 0.00000242. The molecule has 0 aliphatic carbocycles. The molecule has 0 aromatic heterocycles. The molecule has 2 aromatic rings. The van der Waals surface area contributed by atoms with E-state index in [1.54, 1.807) is 0 Å². The van der Waals surface area contributed by atoms with Crippen LogP contribution in [-0.4, -0.2) is 10.7 Å². The van der Waals surface area contributed by atoms with Gasteiger partial charge in [-0.05, 0) is 24.3 Å². The molecule has 4 nitrogen and oxygen atoms in total. The van der Waals surface area contributed by atoms with Gasteiger partial charge >= 0.3 is 35.7 Å². The molecule has 0 N–H and O–H groups in total. The Labute approximate surface area is 146 Å². The van der Waals surface area contributed by atoms with Crippen LogP contribution < -0.4 is 29.6 Å². The van der Waals surface area contributed by atoms with Gasteiger partial charge in [0.25, 0.3) is 5.69 Å². The van der Waals surface area contributed by atoms with Crippen molar-refractivity contribution in [2.45, 2.75) is 6.18 Å². The molecule has 0 spiro atoms. The minimum Gasteiger partial charge on any atom is -1.00 e. The number of nitro groups is 1. The zero-order valence-corrected chi connectivity index (χ0v) is 13.4. The summed E-state index contributed by atoms with van der Waals surface area (Å²) in [6.45, 7) is 0. The fourth-order valence-corrected chi connectivity index (χ4v) is 1.71. The van der Waals surface area contributed by atoms with E-state index in [1.807, 2.05) is 0 Å². The molecule has 0 aliphatic heterocycles. The Hall–Kier alpha value is -1.70. The number of ketones is 1.